The molecule has 0 amide bonds. The van der Waals surface area contributed by atoms with Crippen LogP contribution in [-0.4, -0.2) is 55.4 Å². The minimum Gasteiger partial charge on any atom is -0.303 e. The van der Waals surface area contributed by atoms with Crippen molar-refractivity contribution in [3.05, 3.63) is 35.9 Å². The van der Waals surface area contributed by atoms with Crippen LogP contribution in [0.3, 0.4) is 0 Å². The van der Waals surface area contributed by atoms with Gasteiger partial charge >= 0.3 is 0 Å². The molecule has 0 N–H and O–H groups in total. The first-order valence-corrected chi connectivity index (χ1v) is 7.81. The van der Waals surface area contributed by atoms with Crippen LogP contribution in [0.5, 0.6) is 0 Å². The second kappa shape index (κ2) is 8.88. The Labute approximate surface area is 122 Å². The van der Waals surface area contributed by atoms with Gasteiger partial charge in [0.25, 0.3) is 0 Å². The van der Waals surface area contributed by atoms with Gasteiger partial charge in [-0.25, -0.2) is 0 Å². The highest BCUT2D eigenvalue weighted by Gasteiger charge is 2.15. The van der Waals surface area contributed by atoms with Crippen LogP contribution in [0.25, 0.3) is 0 Å². The summed E-state index contributed by atoms with van der Waals surface area (Å²) in [5.41, 5.74) is 1.44. The molecule has 0 atom stereocenters. The zero-order chi connectivity index (χ0) is 14.0. The Morgan fingerprint density at radius 1 is 0.900 bits per heavy atom. The number of hydrogen-bond acceptors (Lipinski definition) is 3. The van der Waals surface area contributed by atoms with Gasteiger partial charge < -0.3 is 14.6 Å². The van der Waals surface area contributed by atoms with E-state index in [1.165, 1.54) is 38.0 Å². The molecule has 0 saturated carbocycles. The van der Waals surface area contributed by atoms with Gasteiger partial charge in [-0.1, -0.05) is 30.3 Å². The predicted molar refractivity (Wildman–Crippen MR) is 82.9 cm³/mol. The Hall–Kier alpha value is -1.19. The molecule has 0 aliphatic carbocycles. The first-order chi connectivity index (χ1) is 9.88. The average molecular weight is 274 g/mol. The van der Waals surface area contributed by atoms with Crippen molar-refractivity contribution < 1.29 is 4.79 Å². The van der Waals surface area contributed by atoms with E-state index >= 15 is 0 Å². The minimum absolute atomic E-state index is 0.706. The number of unbranched alkanes of at least 4 members (excludes halogenated alkanes) is 1. The first-order valence-electron chi connectivity index (χ1n) is 7.81. The van der Waals surface area contributed by atoms with Crippen LogP contribution in [0.15, 0.2) is 30.3 Å². The number of benzene rings is 1. The summed E-state index contributed by atoms with van der Waals surface area (Å²) in [5, 5.41) is 0. The predicted octanol–water partition coefficient (Wildman–Crippen LogP) is 2.22. The molecular formula is C17H26N2O. The van der Waals surface area contributed by atoms with Gasteiger partial charge in [-0.2, -0.15) is 0 Å². The molecule has 3 nitrogen and oxygen atoms in total. The van der Waals surface area contributed by atoms with E-state index in [0.717, 1.165) is 32.3 Å². The van der Waals surface area contributed by atoms with Crippen molar-refractivity contribution in [2.24, 2.45) is 0 Å². The normalized spacial score (nSPS) is 17.2. The zero-order valence-electron chi connectivity index (χ0n) is 12.3. The van der Waals surface area contributed by atoms with Gasteiger partial charge in [0.15, 0.2) is 0 Å². The standard InChI is InChI=1S/C17H26N2O/c20-16-5-4-10-18-12-14-19(15-13-18)11-6-9-17-7-2-1-3-8-17/h1-3,7-8,16H,4-6,9-15H2. The summed E-state index contributed by atoms with van der Waals surface area (Å²) in [5.74, 6) is 0. The quantitative estimate of drug-likeness (QED) is 0.536. The van der Waals surface area contributed by atoms with Gasteiger partial charge in [-0.15, -0.1) is 0 Å². The Balaban J connectivity index is 1.56. The van der Waals surface area contributed by atoms with Crippen molar-refractivity contribution in [2.75, 3.05) is 39.3 Å². The largest absolute Gasteiger partial charge is 0.303 e. The summed E-state index contributed by atoms with van der Waals surface area (Å²) in [6, 6.07) is 10.7. The van der Waals surface area contributed by atoms with Crippen LogP contribution in [-0.2, 0) is 11.2 Å². The third kappa shape index (κ3) is 5.43. The molecular weight excluding hydrogens is 248 g/mol. The third-order valence-corrected chi connectivity index (χ3v) is 4.04. The second-order valence-corrected chi connectivity index (χ2v) is 5.58. The summed E-state index contributed by atoms with van der Waals surface area (Å²) in [6.07, 6.45) is 5.17. The maximum atomic E-state index is 10.3. The Morgan fingerprint density at radius 3 is 2.10 bits per heavy atom. The van der Waals surface area contributed by atoms with Gasteiger partial charge in [-0.05, 0) is 37.9 Å². The lowest BCUT2D eigenvalue weighted by Crippen LogP contribution is -2.46. The van der Waals surface area contributed by atoms with Crippen molar-refractivity contribution in [1.82, 2.24) is 9.80 Å². The van der Waals surface area contributed by atoms with E-state index in [1.54, 1.807) is 0 Å². The molecule has 0 bridgehead atoms. The molecule has 1 aliphatic heterocycles. The molecule has 1 aliphatic rings. The third-order valence-electron chi connectivity index (χ3n) is 4.04. The Bertz CT molecular complexity index is 372. The molecule has 1 aromatic carbocycles. The topological polar surface area (TPSA) is 23.6 Å². The average Bonchev–Trinajstić information content (AvgIpc) is 2.50. The molecule has 1 heterocycles. The SMILES string of the molecule is O=CCCCN1CCN(CCCc2ccccc2)CC1. The Morgan fingerprint density at radius 2 is 1.50 bits per heavy atom. The van der Waals surface area contributed by atoms with Crippen molar-refractivity contribution in [3.8, 4) is 0 Å². The molecule has 0 unspecified atom stereocenters. The molecule has 3 heteroatoms. The molecule has 0 spiro atoms. The summed E-state index contributed by atoms with van der Waals surface area (Å²) < 4.78 is 0. The molecule has 1 aromatic rings. The van der Waals surface area contributed by atoms with Crippen LogP contribution in [0.4, 0.5) is 0 Å². The van der Waals surface area contributed by atoms with Crippen molar-refractivity contribution in [2.45, 2.75) is 25.7 Å². The van der Waals surface area contributed by atoms with Crippen LogP contribution in [0.1, 0.15) is 24.8 Å². The minimum atomic E-state index is 0.706. The molecule has 1 fully saturated rings. The molecule has 1 saturated heterocycles. The Kier molecular flexibility index (Phi) is 6.75. The van der Waals surface area contributed by atoms with Crippen LogP contribution < -0.4 is 0 Å². The number of piperazine rings is 1. The van der Waals surface area contributed by atoms with Gasteiger partial charge in [0, 0.05) is 32.6 Å². The lowest BCUT2D eigenvalue weighted by molar-refractivity contribution is -0.108. The van der Waals surface area contributed by atoms with Gasteiger partial charge in [0.2, 0.25) is 0 Å². The lowest BCUT2D eigenvalue weighted by atomic mass is 10.1. The van der Waals surface area contributed by atoms with Crippen LogP contribution >= 0.6 is 0 Å². The van der Waals surface area contributed by atoms with E-state index in [1.807, 2.05) is 0 Å². The molecule has 0 aromatic heterocycles. The number of hydrogen-bond donors (Lipinski definition) is 0. The van der Waals surface area contributed by atoms with Gasteiger partial charge in [0.1, 0.15) is 6.29 Å². The van der Waals surface area contributed by atoms with Gasteiger partial charge in [0.05, 0.1) is 0 Å². The molecule has 0 radical (unpaired) electrons. The highest BCUT2D eigenvalue weighted by molar-refractivity contribution is 5.48. The smallest absolute Gasteiger partial charge is 0.120 e. The molecule has 110 valence electrons. The summed E-state index contributed by atoms with van der Waals surface area (Å²) >= 11 is 0. The number of nitrogens with zero attached hydrogens (tertiary/aromatic N) is 2. The first kappa shape index (κ1) is 15.2. The zero-order valence-corrected chi connectivity index (χ0v) is 12.3. The summed E-state index contributed by atoms with van der Waals surface area (Å²) in [7, 11) is 0. The van der Waals surface area contributed by atoms with Crippen molar-refractivity contribution in [3.63, 3.8) is 0 Å². The van der Waals surface area contributed by atoms with Crippen LogP contribution in [0.2, 0.25) is 0 Å². The summed E-state index contributed by atoms with van der Waals surface area (Å²) in [4.78, 5) is 15.4. The fraction of sp³-hybridized carbons (Fsp3) is 0.588. The number of aryl methyl sites for hydroxylation is 1. The molecule has 2 rings (SSSR count). The lowest BCUT2D eigenvalue weighted by Gasteiger charge is -2.34. The number of carbonyl (C=O) groups is 1. The second-order valence-electron chi connectivity index (χ2n) is 5.58. The summed E-state index contributed by atoms with van der Waals surface area (Å²) in [6.45, 7) is 6.95. The number of aldehydes is 1. The van der Waals surface area contributed by atoms with Crippen LogP contribution in [0, 0.1) is 0 Å². The van der Waals surface area contributed by atoms with E-state index < -0.39 is 0 Å². The molecule has 20 heavy (non-hydrogen) atoms. The van der Waals surface area contributed by atoms with Gasteiger partial charge in [-0.3, -0.25) is 0 Å². The van der Waals surface area contributed by atoms with E-state index in [-0.39, 0.29) is 0 Å². The van der Waals surface area contributed by atoms with E-state index in [9.17, 15) is 4.79 Å². The highest BCUT2D eigenvalue weighted by Crippen LogP contribution is 2.07. The van der Waals surface area contributed by atoms with E-state index in [2.05, 4.69) is 40.1 Å². The van der Waals surface area contributed by atoms with E-state index in [0.29, 0.717) is 6.42 Å². The highest BCUT2D eigenvalue weighted by atomic mass is 16.1. The fourth-order valence-electron chi connectivity index (χ4n) is 2.79. The fourth-order valence-corrected chi connectivity index (χ4v) is 2.79. The van der Waals surface area contributed by atoms with Crippen molar-refractivity contribution >= 4 is 6.29 Å². The number of rotatable bonds is 8. The van der Waals surface area contributed by atoms with E-state index in [4.69, 9.17) is 0 Å². The maximum Gasteiger partial charge on any atom is 0.120 e. The van der Waals surface area contributed by atoms with Crippen molar-refractivity contribution in [1.29, 1.82) is 0 Å². The monoisotopic (exact) mass is 274 g/mol. The maximum absolute atomic E-state index is 10.3. The number of carbonyl (C=O) groups excluding carboxylic acids is 1.